The van der Waals surface area contributed by atoms with Gasteiger partial charge in [-0.3, -0.25) is 9.69 Å². The number of aromatic carboxylic acids is 1. The number of anilines is 1. The number of pyridine rings is 1. The zero-order valence-electron chi connectivity index (χ0n) is 16.5. The number of halogens is 2. The van der Waals surface area contributed by atoms with E-state index in [1.807, 2.05) is 11.8 Å². The van der Waals surface area contributed by atoms with Gasteiger partial charge in [0.2, 0.25) is 5.43 Å². The van der Waals surface area contributed by atoms with Crippen LogP contribution in [0.4, 0.5) is 10.1 Å². The molecule has 0 radical (unpaired) electrons. The molecule has 1 aliphatic rings. The molecular formula is C20H25ClFN3O4. The normalized spacial score (nSPS) is 14.0. The first-order chi connectivity index (χ1) is 13.8. The Balaban J connectivity index is 2.08. The lowest BCUT2D eigenvalue weighted by Crippen LogP contribution is -2.35. The maximum absolute atomic E-state index is 15.0. The van der Waals surface area contributed by atoms with Gasteiger partial charge in [0.1, 0.15) is 11.4 Å². The lowest BCUT2D eigenvalue weighted by atomic mass is 10.1. The van der Waals surface area contributed by atoms with Crippen molar-refractivity contribution in [3.63, 3.8) is 0 Å². The van der Waals surface area contributed by atoms with Crippen molar-refractivity contribution in [2.75, 3.05) is 44.7 Å². The molecule has 158 valence electrons. The minimum atomic E-state index is -1.34. The van der Waals surface area contributed by atoms with E-state index in [0.717, 1.165) is 25.5 Å². The predicted molar refractivity (Wildman–Crippen MR) is 111 cm³/mol. The minimum Gasteiger partial charge on any atom is -0.477 e. The third-order valence-electron chi connectivity index (χ3n) is 5.35. The molecule has 0 spiro atoms. The van der Waals surface area contributed by atoms with E-state index in [1.54, 1.807) is 16.5 Å². The average Bonchev–Trinajstić information content (AvgIpc) is 3.50. The second kappa shape index (κ2) is 8.69. The van der Waals surface area contributed by atoms with Gasteiger partial charge in [-0.2, -0.15) is 0 Å². The number of aliphatic hydroxyl groups is 1. The first-order valence-electron chi connectivity index (χ1n) is 9.64. The second-order valence-electron chi connectivity index (χ2n) is 7.31. The molecule has 0 unspecified atom stereocenters. The van der Waals surface area contributed by atoms with Crippen molar-refractivity contribution >= 4 is 34.2 Å². The number of likely N-dealkylation sites (N-methyl/N-ethyl adjacent to an activating group) is 2. The lowest BCUT2D eigenvalue weighted by Gasteiger charge is -2.27. The highest BCUT2D eigenvalue weighted by atomic mass is 35.5. The molecule has 0 amide bonds. The summed E-state index contributed by atoms with van der Waals surface area (Å²) in [6.45, 7) is 4.38. The molecule has 9 heteroatoms. The summed E-state index contributed by atoms with van der Waals surface area (Å²) in [6.07, 6.45) is 3.02. The van der Waals surface area contributed by atoms with Crippen molar-refractivity contribution in [1.82, 2.24) is 9.47 Å². The van der Waals surface area contributed by atoms with Gasteiger partial charge in [-0.25, -0.2) is 9.18 Å². The fraction of sp³-hybridized carbons (Fsp3) is 0.500. The van der Waals surface area contributed by atoms with Crippen molar-refractivity contribution in [2.45, 2.75) is 25.8 Å². The van der Waals surface area contributed by atoms with E-state index in [1.165, 1.54) is 6.20 Å². The van der Waals surface area contributed by atoms with Gasteiger partial charge in [0.25, 0.3) is 0 Å². The molecule has 3 rings (SSSR count). The number of aromatic nitrogens is 1. The summed E-state index contributed by atoms with van der Waals surface area (Å²) < 4.78 is 16.7. The summed E-state index contributed by atoms with van der Waals surface area (Å²) in [5.74, 6) is -2.01. The molecule has 0 aliphatic heterocycles. The van der Waals surface area contributed by atoms with Crippen LogP contribution >= 0.6 is 11.6 Å². The Morgan fingerprint density at radius 1 is 1.34 bits per heavy atom. The molecule has 1 heterocycles. The van der Waals surface area contributed by atoms with Crippen LogP contribution in [0.1, 0.15) is 36.2 Å². The molecule has 1 fully saturated rings. The molecule has 1 aliphatic carbocycles. The van der Waals surface area contributed by atoms with Crippen molar-refractivity contribution in [3.8, 4) is 0 Å². The summed E-state index contributed by atoms with van der Waals surface area (Å²) in [7, 11) is 1.72. The van der Waals surface area contributed by atoms with E-state index < -0.39 is 17.2 Å². The number of hydrogen-bond acceptors (Lipinski definition) is 5. The van der Waals surface area contributed by atoms with Gasteiger partial charge in [-0.15, -0.1) is 0 Å². The largest absolute Gasteiger partial charge is 0.477 e. The molecule has 0 saturated heterocycles. The van der Waals surface area contributed by atoms with Gasteiger partial charge in [-0.05, 0) is 25.5 Å². The van der Waals surface area contributed by atoms with Crippen molar-refractivity contribution < 1.29 is 19.4 Å². The van der Waals surface area contributed by atoms with Crippen LogP contribution in [0.3, 0.4) is 0 Å². The van der Waals surface area contributed by atoms with Crippen LogP contribution in [0.2, 0.25) is 5.02 Å². The van der Waals surface area contributed by atoms with E-state index >= 15 is 0 Å². The number of carboxylic acid groups (broad SMARTS) is 1. The Bertz CT molecular complexity index is 990. The fourth-order valence-electron chi connectivity index (χ4n) is 3.55. The smallest absolute Gasteiger partial charge is 0.341 e. The van der Waals surface area contributed by atoms with Crippen LogP contribution in [-0.4, -0.2) is 65.5 Å². The number of carboxylic acids is 1. The van der Waals surface area contributed by atoms with Gasteiger partial charge in [0, 0.05) is 38.9 Å². The van der Waals surface area contributed by atoms with Gasteiger partial charge < -0.3 is 19.7 Å². The van der Waals surface area contributed by atoms with Gasteiger partial charge in [-0.1, -0.05) is 18.5 Å². The van der Waals surface area contributed by atoms with Gasteiger partial charge >= 0.3 is 5.97 Å². The topological polar surface area (TPSA) is 86.0 Å². The van der Waals surface area contributed by atoms with Gasteiger partial charge in [0.05, 0.1) is 28.2 Å². The monoisotopic (exact) mass is 425 g/mol. The number of carbonyl (C=O) groups is 1. The van der Waals surface area contributed by atoms with Crippen molar-refractivity contribution in [1.29, 1.82) is 0 Å². The molecule has 1 aromatic heterocycles. The predicted octanol–water partition coefficient (Wildman–Crippen LogP) is 2.58. The molecule has 0 bridgehead atoms. The number of aliphatic hydroxyl groups excluding tert-OH is 1. The Morgan fingerprint density at radius 3 is 2.59 bits per heavy atom. The number of benzene rings is 1. The summed E-state index contributed by atoms with van der Waals surface area (Å²) in [6, 6.07) is 1.14. The second-order valence-corrected chi connectivity index (χ2v) is 7.69. The van der Waals surface area contributed by atoms with Crippen molar-refractivity contribution in [2.24, 2.45) is 0 Å². The van der Waals surface area contributed by atoms with Crippen LogP contribution in [0, 0.1) is 5.82 Å². The highest BCUT2D eigenvalue weighted by Crippen LogP contribution is 2.41. The summed E-state index contributed by atoms with van der Waals surface area (Å²) in [5.41, 5.74) is -0.575. The Morgan fingerprint density at radius 2 is 2.03 bits per heavy atom. The molecular weight excluding hydrogens is 401 g/mol. The number of rotatable bonds is 9. The fourth-order valence-corrected chi connectivity index (χ4v) is 3.98. The van der Waals surface area contributed by atoms with Crippen LogP contribution in [-0.2, 0) is 0 Å². The van der Waals surface area contributed by atoms with Crippen LogP contribution in [0.25, 0.3) is 10.9 Å². The first kappa shape index (κ1) is 21.5. The van der Waals surface area contributed by atoms with Crippen LogP contribution in [0.15, 0.2) is 17.1 Å². The molecule has 1 aromatic carbocycles. The Labute approximate surface area is 172 Å². The minimum absolute atomic E-state index is 0.0214. The van der Waals surface area contributed by atoms with E-state index in [4.69, 9.17) is 16.7 Å². The van der Waals surface area contributed by atoms with E-state index in [9.17, 15) is 19.1 Å². The van der Waals surface area contributed by atoms with E-state index in [0.29, 0.717) is 25.2 Å². The third kappa shape index (κ3) is 4.24. The SMILES string of the molecule is CCN(CCO)CCN(C)c1c(F)cc2c(=O)c(C(=O)O)cn(C3CC3)c2c1Cl. The zero-order valence-corrected chi connectivity index (χ0v) is 17.2. The zero-order chi connectivity index (χ0) is 21.3. The highest BCUT2D eigenvalue weighted by Gasteiger charge is 2.29. The molecule has 0 atom stereocenters. The highest BCUT2D eigenvalue weighted by molar-refractivity contribution is 6.38. The Hall–Kier alpha value is -2.16. The average molecular weight is 426 g/mol. The quantitative estimate of drug-likeness (QED) is 0.642. The lowest BCUT2D eigenvalue weighted by molar-refractivity contribution is 0.0695. The molecule has 29 heavy (non-hydrogen) atoms. The standard InChI is InChI=1S/C20H25ClFN3O4/c1-3-24(8-9-26)7-6-23(2)18-15(22)10-13-17(16(18)21)25(12-4-5-12)11-14(19(13)27)20(28)29/h10-12,26H,3-9H2,1-2H3,(H,28,29). The number of fused-ring (bicyclic) bond motifs is 1. The number of nitrogens with zero attached hydrogens (tertiary/aromatic N) is 3. The summed E-state index contributed by atoms with van der Waals surface area (Å²) >= 11 is 6.59. The Kier molecular flexibility index (Phi) is 6.45. The maximum atomic E-state index is 15.0. The van der Waals surface area contributed by atoms with E-state index in [-0.39, 0.29) is 34.3 Å². The van der Waals surface area contributed by atoms with Crippen LogP contribution in [0.5, 0.6) is 0 Å². The van der Waals surface area contributed by atoms with Crippen LogP contribution < -0.4 is 10.3 Å². The molecule has 2 aromatic rings. The summed E-state index contributed by atoms with van der Waals surface area (Å²) in [5, 5.41) is 18.6. The van der Waals surface area contributed by atoms with Gasteiger partial charge in [0.15, 0.2) is 0 Å². The maximum Gasteiger partial charge on any atom is 0.341 e. The first-order valence-corrected chi connectivity index (χ1v) is 10.0. The molecule has 2 N–H and O–H groups in total. The third-order valence-corrected chi connectivity index (χ3v) is 5.71. The number of hydrogen-bond donors (Lipinski definition) is 2. The molecule has 1 saturated carbocycles. The summed E-state index contributed by atoms with van der Waals surface area (Å²) in [4.78, 5) is 27.8. The molecule has 7 nitrogen and oxygen atoms in total. The van der Waals surface area contributed by atoms with Crippen molar-refractivity contribution in [3.05, 3.63) is 38.9 Å². The van der Waals surface area contributed by atoms with E-state index in [2.05, 4.69) is 0 Å².